The smallest absolute Gasteiger partial charge is 0.149 e. The summed E-state index contributed by atoms with van der Waals surface area (Å²) in [7, 11) is 0. The Balaban J connectivity index is 2.10. The second kappa shape index (κ2) is 4.39. The molecule has 2 unspecified atom stereocenters. The van der Waals surface area contributed by atoms with Gasteiger partial charge in [-0.25, -0.2) is 8.78 Å². The lowest BCUT2D eigenvalue weighted by atomic mass is 10.1. The van der Waals surface area contributed by atoms with Crippen LogP contribution in [0.2, 0.25) is 0 Å². The molecule has 0 bridgehead atoms. The van der Waals surface area contributed by atoms with Crippen molar-refractivity contribution >= 4 is 17.4 Å². The lowest BCUT2D eigenvalue weighted by Crippen LogP contribution is -2.25. The van der Waals surface area contributed by atoms with Crippen LogP contribution in [-0.4, -0.2) is 17.0 Å². The summed E-state index contributed by atoms with van der Waals surface area (Å²) in [5.41, 5.74) is 0.399. The third-order valence-electron chi connectivity index (χ3n) is 2.65. The zero-order valence-electron chi connectivity index (χ0n) is 8.47. The molecule has 1 heterocycles. The second-order valence-electron chi connectivity index (χ2n) is 3.74. The Morgan fingerprint density at radius 2 is 2.20 bits per heavy atom. The molecule has 0 radical (unpaired) electrons. The Morgan fingerprint density at radius 3 is 2.80 bits per heavy atom. The molecule has 0 saturated carbocycles. The highest BCUT2D eigenvalue weighted by atomic mass is 32.2. The zero-order valence-corrected chi connectivity index (χ0v) is 9.28. The Hall–Kier alpha value is -0.770. The van der Waals surface area contributed by atoms with Gasteiger partial charge >= 0.3 is 0 Å². The van der Waals surface area contributed by atoms with Gasteiger partial charge in [-0.15, -0.1) is 0 Å². The van der Waals surface area contributed by atoms with Gasteiger partial charge in [0.1, 0.15) is 11.6 Å². The Bertz CT molecular complexity index is 356. The highest BCUT2D eigenvalue weighted by Crippen LogP contribution is 2.29. The molecule has 2 rings (SSSR count). The minimum absolute atomic E-state index is 0.287. The third-order valence-corrected chi connectivity index (χ3v) is 3.97. The molecule has 0 spiro atoms. The van der Waals surface area contributed by atoms with Gasteiger partial charge < -0.3 is 5.32 Å². The van der Waals surface area contributed by atoms with Crippen molar-refractivity contribution in [2.45, 2.75) is 24.6 Å². The van der Waals surface area contributed by atoms with E-state index in [0.29, 0.717) is 10.9 Å². The zero-order chi connectivity index (χ0) is 10.8. The maximum Gasteiger partial charge on any atom is 0.149 e. The van der Waals surface area contributed by atoms with E-state index >= 15 is 0 Å². The molecule has 1 aliphatic heterocycles. The fourth-order valence-corrected chi connectivity index (χ4v) is 2.93. The molecule has 1 fully saturated rings. The molecule has 1 N–H and O–H groups in total. The Kier molecular flexibility index (Phi) is 3.14. The van der Waals surface area contributed by atoms with Gasteiger partial charge in [-0.1, -0.05) is 6.92 Å². The maximum absolute atomic E-state index is 13.3. The van der Waals surface area contributed by atoms with E-state index in [-0.39, 0.29) is 6.04 Å². The first-order chi connectivity index (χ1) is 7.16. The number of halogens is 2. The molecule has 0 amide bonds. The molecular weight excluding hydrogens is 216 g/mol. The number of anilines is 1. The van der Waals surface area contributed by atoms with Crippen molar-refractivity contribution in [3.8, 4) is 0 Å². The topological polar surface area (TPSA) is 12.0 Å². The van der Waals surface area contributed by atoms with E-state index in [9.17, 15) is 8.78 Å². The van der Waals surface area contributed by atoms with Crippen LogP contribution in [0.1, 0.15) is 13.3 Å². The van der Waals surface area contributed by atoms with E-state index < -0.39 is 11.6 Å². The molecule has 2 atom stereocenters. The van der Waals surface area contributed by atoms with Gasteiger partial charge in [0.05, 0.1) is 5.69 Å². The highest BCUT2D eigenvalue weighted by Gasteiger charge is 2.24. The van der Waals surface area contributed by atoms with Crippen LogP contribution in [0, 0.1) is 11.6 Å². The predicted octanol–water partition coefficient (Wildman–Crippen LogP) is 3.27. The molecule has 1 aliphatic rings. The van der Waals surface area contributed by atoms with Crippen LogP contribution in [0.4, 0.5) is 14.5 Å². The molecule has 1 aromatic carbocycles. The van der Waals surface area contributed by atoms with Crippen LogP contribution in [-0.2, 0) is 0 Å². The summed E-state index contributed by atoms with van der Waals surface area (Å²) in [4.78, 5) is 0. The standard InChI is InChI=1S/C11H13F2NS/c1-7-10(4-5-15-7)14-11-3-2-8(12)6-9(11)13/h2-3,6-7,10,14H,4-5H2,1H3. The van der Waals surface area contributed by atoms with Crippen molar-refractivity contribution in [3.63, 3.8) is 0 Å². The fraction of sp³-hybridized carbons (Fsp3) is 0.455. The molecule has 1 nitrogen and oxygen atoms in total. The Labute approximate surface area is 92.3 Å². The maximum atomic E-state index is 13.3. The number of hydrogen-bond donors (Lipinski definition) is 1. The third kappa shape index (κ3) is 2.43. The average molecular weight is 229 g/mol. The molecule has 0 aromatic heterocycles. The fourth-order valence-electron chi connectivity index (χ4n) is 1.73. The van der Waals surface area contributed by atoms with E-state index in [1.165, 1.54) is 12.1 Å². The van der Waals surface area contributed by atoms with Crippen molar-refractivity contribution in [2.75, 3.05) is 11.1 Å². The van der Waals surface area contributed by atoms with E-state index in [1.807, 2.05) is 11.8 Å². The summed E-state index contributed by atoms with van der Waals surface area (Å²) in [6, 6.07) is 3.93. The quantitative estimate of drug-likeness (QED) is 0.835. The van der Waals surface area contributed by atoms with Crippen molar-refractivity contribution < 1.29 is 8.78 Å². The molecule has 4 heteroatoms. The molecule has 1 aromatic rings. The van der Waals surface area contributed by atoms with Gasteiger partial charge in [0.2, 0.25) is 0 Å². The van der Waals surface area contributed by atoms with Crippen LogP contribution in [0.25, 0.3) is 0 Å². The Morgan fingerprint density at radius 1 is 1.40 bits per heavy atom. The van der Waals surface area contributed by atoms with Gasteiger partial charge in [-0.3, -0.25) is 0 Å². The summed E-state index contributed by atoms with van der Waals surface area (Å²) >= 11 is 1.87. The van der Waals surface area contributed by atoms with E-state index in [4.69, 9.17) is 0 Å². The number of rotatable bonds is 2. The molecule has 15 heavy (non-hydrogen) atoms. The van der Waals surface area contributed by atoms with Crippen LogP contribution in [0.5, 0.6) is 0 Å². The largest absolute Gasteiger partial charge is 0.379 e. The van der Waals surface area contributed by atoms with Gasteiger partial charge in [-0.2, -0.15) is 11.8 Å². The normalized spacial score (nSPS) is 25.5. The van der Waals surface area contributed by atoms with Crippen molar-refractivity contribution in [1.29, 1.82) is 0 Å². The SMILES string of the molecule is CC1SCCC1Nc1ccc(F)cc1F. The van der Waals surface area contributed by atoms with Crippen LogP contribution < -0.4 is 5.32 Å². The van der Waals surface area contributed by atoms with Gasteiger partial charge in [0.15, 0.2) is 0 Å². The van der Waals surface area contributed by atoms with Crippen molar-refractivity contribution in [3.05, 3.63) is 29.8 Å². The number of thioether (sulfide) groups is 1. The molecular formula is C11H13F2NS. The minimum Gasteiger partial charge on any atom is -0.379 e. The van der Waals surface area contributed by atoms with Crippen LogP contribution in [0.15, 0.2) is 18.2 Å². The lowest BCUT2D eigenvalue weighted by Gasteiger charge is -2.18. The summed E-state index contributed by atoms with van der Waals surface area (Å²) in [6.45, 7) is 2.12. The summed E-state index contributed by atoms with van der Waals surface area (Å²) in [6.07, 6.45) is 1.03. The lowest BCUT2D eigenvalue weighted by molar-refractivity contribution is 0.582. The first-order valence-corrected chi connectivity index (χ1v) is 6.05. The van der Waals surface area contributed by atoms with E-state index in [0.717, 1.165) is 18.2 Å². The van der Waals surface area contributed by atoms with E-state index in [2.05, 4.69) is 12.2 Å². The van der Waals surface area contributed by atoms with Gasteiger partial charge in [-0.05, 0) is 24.3 Å². The number of nitrogens with one attached hydrogen (secondary N) is 1. The first-order valence-electron chi connectivity index (χ1n) is 5.00. The molecule has 1 saturated heterocycles. The summed E-state index contributed by atoms with van der Waals surface area (Å²) < 4.78 is 26.0. The van der Waals surface area contributed by atoms with Crippen LogP contribution in [0.3, 0.4) is 0 Å². The van der Waals surface area contributed by atoms with Crippen molar-refractivity contribution in [1.82, 2.24) is 0 Å². The van der Waals surface area contributed by atoms with Crippen LogP contribution >= 0.6 is 11.8 Å². The molecule has 82 valence electrons. The molecule has 0 aliphatic carbocycles. The minimum atomic E-state index is -0.535. The first kappa shape index (κ1) is 10.7. The summed E-state index contributed by atoms with van der Waals surface area (Å²) in [5, 5.41) is 3.60. The average Bonchev–Trinajstić information content (AvgIpc) is 2.57. The van der Waals surface area contributed by atoms with Crippen molar-refractivity contribution in [2.24, 2.45) is 0 Å². The second-order valence-corrected chi connectivity index (χ2v) is 5.22. The monoisotopic (exact) mass is 229 g/mol. The predicted molar refractivity (Wildman–Crippen MR) is 60.3 cm³/mol. The number of benzene rings is 1. The van der Waals surface area contributed by atoms with Gasteiger partial charge in [0, 0.05) is 17.4 Å². The van der Waals surface area contributed by atoms with E-state index in [1.54, 1.807) is 0 Å². The van der Waals surface area contributed by atoms with Gasteiger partial charge in [0.25, 0.3) is 0 Å². The highest BCUT2D eigenvalue weighted by molar-refractivity contribution is 8.00. The number of hydrogen-bond acceptors (Lipinski definition) is 2. The summed E-state index contributed by atoms with van der Waals surface area (Å²) in [5.74, 6) is 0.0489.